The van der Waals surface area contributed by atoms with Crippen molar-refractivity contribution in [2.24, 2.45) is 0 Å². The first-order valence-electron chi connectivity index (χ1n) is 13.7. The highest BCUT2D eigenvalue weighted by atomic mass is 32.2. The Morgan fingerprint density at radius 2 is 1.82 bits per heavy atom. The molecule has 202 valence electrons. The van der Waals surface area contributed by atoms with Crippen LogP contribution in [-0.2, 0) is 21.3 Å². The number of carbonyl (C=O) groups is 1. The van der Waals surface area contributed by atoms with Crippen LogP contribution in [0.3, 0.4) is 0 Å². The van der Waals surface area contributed by atoms with E-state index in [4.69, 9.17) is 9.47 Å². The van der Waals surface area contributed by atoms with Crippen molar-refractivity contribution in [3.05, 3.63) is 53.6 Å². The van der Waals surface area contributed by atoms with Gasteiger partial charge in [-0.25, -0.2) is 13.1 Å². The first-order chi connectivity index (χ1) is 18.4. The van der Waals surface area contributed by atoms with E-state index in [1.807, 2.05) is 42.3 Å². The highest BCUT2D eigenvalue weighted by Gasteiger charge is 2.32. The number of nitrogens with zero attached hydrogens (tertiary/aromatic N) is 2. The average molecular weight is 538 g/mol. The molecule has 3 aromatic rings. The SMILES string of the molecule is CN1CCCS(=O)(=O)NC(=O)c2ccc3c(C4CCCCC4)c4n(c3c2)C[C@@H](OCC1)Oc1ccccc1-4. The smallest absolute Gasteiger partial charge is 0.264 e. The van der Waals surface area contributed by atoms with Crippen molar-refractivity contribution in [2.45, 2.75) is 57.3 Å². The maximum atomic E-state index is 13.1. The number of likely N-dealkylation sites (N-methyl/N-ethyl adjacent to an activating group) is 1. The molecule has 0 unspecified atom stereocenters. The van der Waals surface area contributed by atoms with Crippen LogP contribution in [0.1, 0.15) is 60.4 Å². The van der Waals surface area contributed by atoms with Gasteiger partial charge >= 0.3 is 0 Å². The summed E-state index contributed by atoms with van der Waals surface area (Å²) in [5.41, 5.74) is 4.69. The second-order valence-corrected chi connectivity index (χ2v) is 12.6. The first kappa shape index (κ1) is 25.4. The average Bonchev–Trinajstić information content (AvgIpc) is 3.11. The van der Waals surface area contributed by atoms with Crippen LogP contribution in [-0.4, -0.2) is 62.6 Å². The molecule has 0 saturated heterocycles. The van der Waals surface area contributed by atoms with Crippen LogP contribution < -0.4 is 9.46 Å². The number of fused-ring (bicyclic) bond motifs is 4. The molecule has 1 aromatic heterocycles. The Kier molecular flexibility index (Phi) is 6.92. The lowest BCUT2D eigenvalue weighted by Crippen LogP contribution is -2.35. The van der Waals surface area contributed by atoms with Gasteiger partial charge in [-0.05, 0) is 68.6 Å². The van der Waals surface area contributed by atoms with Gasteiger partial charge in [0.25, 0.3) is 5.91 Å². The maximum absolute atomic E-state index is 13.1. The zero-order valence-corrected chi connectivity index (χ0v) is 22.6. The quantitative estimate of drug-likeness (QED) is 0.492. The number of ether oxygens (including phenoxy) is 2. The molecule has 4 bridgehead atoms. The molecule has 2 aliphatic heterocycles. The van der Waals surface area contributed by atoms with Crippen LogP contribution in [0.15, 0.2) is 42.5 Å². The molecular formula is C29H35N3O5S. The van der Waals surface area contributed by atoms with Gasteiger partial charge in [-0.1, -0.05) is 37.5 Å². The number of sulfonamides is 1. The van der Waals surface area contributed by atoms with Crippen molar-refractivity contribution >= 4 is 26.8 Å². The third-order valence-electron chi connectivity index (χ3n) is 8.09. The molecule has 3 heterocycles. The third-order valence-corrected chi connectivity index (χ3v) is 9.41. The van der Waals surface area contributed by atoms with Crippen LogP contribution in [0.4, 0.5) is 0 Å². The predicted octanol–water partition coefficient (Wildman–Crippen LogP) is 4.49. The molecule has 1 fully saturated rings. The summed E-state index contributed by atoms with van der Waals surface area (Å²) in [5.74, 6) is 0.502. The van der Waals surface area contributed by atoms with E-state index in [2.05, 4.69) is 15.4 Å². The lowest BCUT2D eigenvalue weighted by Gasteiger charge is -2.23. The molecule has 9 heteroatoms. The van der Waals surface area contributed by atoms with Gasteiger partial charge in [-0.2, -0.15) is 0 Å². The number of para-hydroxylation sites is 1. The molecular weight excluding hydrogens is 502 g/mol. The minimum atomic E-state index is -3.74. The first-order valence-corrected chi connectivity index (χ1v) is 15.3. The summed E-state index contributed by atoms with van der Waals surface area (Å²) >= 11 is 0. The zero-order valence-electron chi connectivity index (χ0n) is 21.8. The molecule has 1 aliphatic carbocycles. The summed E-state index contributed by atoms with van der Waals surface area (Å²) in [6.45, 7) is 2.16. The molecule has 1 N–H and O–H groups in total. The number of aromatic nitrogens is 1. The normalized spacial score (nSPS) is 23.1. The maximum Gasteiger partial charge on any atom is 0.264 e. The van der Waals surface area contributed by atoms with Gasteiger partial charge in [0.2, 0.25) is 16.3 Å². The van der Waals surface area contributed by atoms with E-state index in [1.165, 1.54) is 24.8 Å². The second-order valence-electron chi connectivity index (χ2n) is 10.8. The summed E-state index contributed by atoms with van der Waals surface area (Å²) in [6, 6.07) is 13.7. The second kappa shape index (κ2) is 10.4. The minimum absolute atomic E-state index is 0.112. The molecule has 2 aromatic carbocycles. The molecule has 38 heavy (non-hydrogen) atoms. The van der Waals surface area contributed by atoms with Crippen LogP contribution in [0.2, 0.25) is 0 Å². The van der Waals surface area contributed by atoms with E-state index in [0.29, 0.717) is 44.1 Å². The van der Waals surface area contributed by atoms with E-state index < -0.39 is 22.2 Å². The van der Waals surface area contributed by atoms with Crippen molar-refractivity contribution < 1.29 is 22.7 Å². The van der Waals surface area contributed by atoms with Gasteiger partial charge in [0.15, 0.2) is 0 Å². The van der Waals surface area contributed by atoms with E-state index in [9.17, 15) is 13.2 Å². The van der Waals surface area contributed by atoms with Crippen molar-refractivity contribution in [3.63, 3.8) is 0 Å². The summed E-state index contributed by atoms with van der Waals surface area (Å²) in [6.07, 6.45) is 5.84. The lowest BCUT2D eigenvalue weighted by molar-refractivity contribution is -0.0900. The highest BCUT2D eigenvalue weighted by Crippen LogP contribution is 2.47. The van der Waals surface area contributed by atoms with Gasteiger partial charge in [-0.15, -0.1) is 0 Å². The summed E-state index contributed by atoms with van der Waals surface area (Å²) in [5, 5.41) is 1.11. The van der Waals surface area contributed by atoms with Crippen LogP contribution in [0.5, 0.6) is 5.75 Å². The number of hydrogen-bond donors (Lipinski definition) is 1. The number of rotatable bonds is 1. The Balaban J connectivity index is 1.55. The standard InChI is InChI=1S/C29H35N3O5S/c1-31-14-7-17-38(34,35)30-29(33)21-12-13-22-24(18-21)32-19-26(36-16-15-31)37-25-11-6-5-10-23(25)28(32)27(22)20-8-3-2-4-9-20/h5-6,10-13,18,20,26H,2-4,7-9,14-17,19H2,1H3,(H,30,33)/t26-/m0/s1. The fourth-order valence-electron chi connectivity index (χ4n) is 6.21. The van der Waals surface area contributed by atoms with Crippen molar-refractivity contribution in [1.29, 1.82) is 0 Å². The topological polar surface area (TPSA) is 89.9 Å². The third kappa shape index (κ3) is 4.95. The van der Waals surface area contributed by atoms with Gasteiger partial charge < -0.3 is 18.9 Å². The fraction of sp³-hybridized carbons (Fsp3) is 0.483. The van der Waals surface area contributed by atoms with Crippen molar-refractivity contribution in [2.75, 3.05) is 32.5 Å². The largest absolute Gasteiger partial charge is 0.462 e. The van der Waals surface area contributed by atoms with E-state index >= 15 is 0 Å². The fourth-order valence-corrected chi connectivity index (χ4v) is 7.22. The molecule has 1 atom stereocenters. The summed E-state index contributed by atoms with van der Waals surface area (Å²) < 4.78 is 42.6. The molecule has 1 amide bonds. The number of benzene rings is 2. The predicted molar refractivity (Wildman–Crippen MR) is 147 cm³/mol. The highest BCUT2D eigenvalue weighted by molar-refractivity contribution is 7.90. The van der Waals surface area contributed by atoms with Crippen molar-refractivity contribution in [1.82, 2.24) is 14.2 Å². The molecule has 1 saturated carbocycles. The Morgan fingerprint density at radius 3 is 2.66 bits per heavy atom. The number of hydrogen-bond acceptors (Lipinski definition) is 6. The number of nitrogens with one attached hydrogen (secondary N) is 1. The molecule has 6 rings (SSSR count). The van der Waals surface area contributed by atoms with E-state index in [-0.39, 0.29) is 5.75 Å². The van der Waals surface area contributed by atoms with Gasteiger partial charge in [0, 0.05) is 28.6 Å². The molecule has 0 spiro atoms. The minimum Gasteiger partial charge on any atom is -0.462 e. The van der Waals surface area contributed by atoms with Crippen molar-refractivity contribution in [3.8, 4) is 17.0 Å². The Hall–Kier alpha value is -2.88. The van der Waals surface area contributed by atoms with Gasteiger partial charge in [0.05, 0.1) is 24.6 Å². The molecule has 0 radical (unpaired) electrons. The Bertz CT molecular complexity index is 1460. The molecule has 8 nitrogen and oxygen atoms in total. The monoisotopic (exact) mass is 537 g/mol. The summed E-state index contributed by atoms with van der Waals surface area (Å²) in [7, 11) is -1.80. The van der Waals surface area contributed by atoms with Gasteiger partial charge in [-0.3, -0.25) is 4.79 Å². The Labute approximate surface area is 224 Å². The zero-order chi connectivity index (χ0) is 26.3. The van der Waals surface area contributed by atoms with Crippen LogP contribution >= 0.6 is 0 Å². The number of carbonyl (C=O) groups excluding carboxylic acids is 1. The van der Waals surface area contributed by atoms with Crippen LogP contribution in [0.25, 0.3) is 22.2 Å². The number of amides is 1. The lowest BCUT2D eigenvalue weighted by atomic mass is 9.81. The van der Waals surface area contributed by atoms with E-state index in [0.717, 1.165) is 40.8 Å². The van der Waals surface area contributed by atoms with Gasteiger partial charge in [0.1, 0.15) is 5.75 Å². The van der Waals surface area contributed by atoms with Crippen LogP contribution in [0, 0.1) is 0 Å². The summed E-state index contributed by atoms with van der Waals surface area (Å²) in [4.78, 5) is 15.2. The molecule has 3 aliphatic rings. The van der Waals surface area contributed by atoms with E-state index in [1.54, 1.807) is 6.07 Å². The Morgan fingerprint density at radius 1 is 1.00 bits per heavy atom.